The van der Waals surface area contributed by atoms with Gasteiger partial charge in [-0.15, -0.1) is 0 Å². The smallest absolute Gasteiger partial charge is 0.0704 e. The zero-order chi connectivity index (χ0) is 13.8. The summed E-state index contributed by atoms with van der Waals surface area (Å²) in [5.41, 5.74) is 0. The maximum absolute atomic E-state index is 5.77. The van der Waals surface area contributed by atoms with E-state index in [0.717, 1.165) is 19.0 Å². The molecule has 0 bridgehead atoms. The van der Waals surface area contributed by atoms with Crippen LogP contribution in [0.2, 0.25) is 0 Å². The maximum Gasteiger partial charge on any atom is 0.0704 e. The van der Waals surface area contributed by atoms with Crippen molar-refractivity contribution in [2.45, 2.75) is 38.3 Å². The minimum absolute atomic E-state index is 0.308. The Labute approximate surface area is 116 Å². The second kappa shape index (κ2) is 11.6. The van der Waals surface area contributed by atoms with Crippen LogP contribution in [0.4, 0.5) is 0 Å². The molecule has 0 aromatic heterocycles. The number of ether oxygens (including phenoxy) is 4. The van der Waals surface area contributed by atoms with Crippen molar-refractivity contribution >= 4 is 0 Å². The summed E-state index contributed by atoms with van der Waals surface area (Å²) in [5.74, 6) is 0. The molecule has 0 spiro atoms. The SMILES string of the molecule is CCC(CNC1CC1)OCCOCCOCCOC. The number of hydrogen-bond donors (Lipinski definition) is 1. The largest absolute Gasteiger partial charge is 0.382 e. The third kappa shape index (κ3) is 10.3. The van der Waals surface area contributed by atoms with Crippen molar-refractivity contribution in [1.29, 1.82) is 0 Å². The minimum atomic E-state index is 0.308. The van der Waals surface area contributed by atoms with Crippen molar-refractivity contribution in [3.63, 3.8) is 0 Å². The first kappa shape index (κ1) is 16.9. The zero-order valence-corrected chi connectivity index (χ0v) is 12.4. The van der Waals surface area contributed by atoms with Gasteiger partial charge in [0.2, 0.25) is 0 Å². The first-order valence-corrected chi connectivity index (χ1v) is 7.36. The normalized spacial score (nSPS) is 16.7. The van der Waals surface area contributed by atoms with Gasteiger partial charge in [0.1, 0.15) is 0 Å². The summed E-state index contributed by atoms with van der Waals surface area (Å²) in [7, 11) is 1.67. The molecular weight excluding hydrogens is 246 g/mol. The molecule has 1 rings (SSSR count). The topological polar surface area (TPSA) is 49.0 Å². The molecule has 1 aliphatic rings. The fraction of sp³-hybridized carbons (Fsp3) is 1.00. The molecule has 1 atom stereocenters. The highest BCUT2D eigenvalue weighted by Gasteiger charge is 2.21. The van der Waals surface area contributed by atoms with Gasteiger partial charge >= 0.3 is 0 Å². The van der Waals surface area contributed by atoms with Crippen LogP contribution in [-0.2, 0) is 18.9 Å². The lowest BCUT2D eigenvalue weighted by Gasteiger charge is -2.16. The lowest BCUT2D eigenvalue weighted by molar-refractivity contribution is -0.0166. The van der Waals surface area contributed by atoms with Gasteiger partial charge in [-0.05, 0) is 19.3 Å². The number of methoxy groups -OCH3 is 1. The van der Waals surface area contributed by atoms with Crippen LogP contribution in [0.5, 0.6) is 0 Å². The summed E-state index contributed by atoms with van der Waals surface area (Å²) in [5, 5.41) is 3.49. The van der Waals surface area contributed by atoms with Gasteiger partial charge in [-0.25, -0.2) is 0 Å². The van der Waals surface area contributed by atoms with Crippen molar-refractivity contribution in [3.8, 4) is 0 Å². The first-order valence-electron chi connectivity index (χ1n) is 7.36. The van der Waals surface area contributed by atoms with Crippen molar-refractivity contribution < 1.29 is 18.9 Å². The maximum atomic E-state index is 5.77. The van der Waals surface area contributed by atoms with E-state index in [1.807, 2.05) is 0 Å². The van der Waals surface area contributed by atoms with E-state index in [-0.39, 0.29) is 0 Å². The summed E-state index contributed by atoms with van der Waals surface area (Å²) in [6.07, 6.45) is 3.99. The Hall–Kier alpha value is -0.200. The molecule has 0 aliphatic heterocycles. The molecule has 0 aromatic rings. The van der Waals surface area contributed by atoms with Crippen LogP contribution in [0.1, 0.15) is 26.2 Å². The van der Waals surface area contributed by atoms with Crippen molar-refractivity contribution in [2.75, 3.05) is 53.3 Å². The van der Waals surface area contributed by atoms with Crippen molar-refractivity contribution in [2.24, 2.45) is 0 Å². The average molecular weight is 275 g/mol. The molecule has 0 aromatic carbocycles. The van der Waals surface area contributed by atoms with E-state index in [4.69, 9.17) is 18.9 Å². The predicted molar refractivity (Wildman–Crippen MR) is 74.6 cm³/mol. The Morgan fingerprint density at radius 1 is 1.00 bits per heavy atom. The molecule has 1 N–H and O–H groups in total. The van der Waals surface area contributed by atoms with E-state index in [1.54, 1.807) is 7.11 Å². The van der Waals surface area contributed by atoms with Gasteiger partial charge in [-0.1, -0.05) is 6.92 Å². The van der Waals surface area contributed by atoms with Crippen LogP contribution in [0.15, 0.2) is 0 Å². The van der Waals surface area contributed by atoms with Gasteiger partial charge < -0.3 is 24.3 Å². The highest BCUT2D eigenvalue weighted by atomic mass is 16.6. The third-order valence-corrected chi connectivity index (χ3v) is 3.05. The molecule has 0 saturated heterocycles. The average Bonchev–Trinajstić information content (AvgIpc) is 3.24. The Bertz CT molecular complexity index is 200. The van der Waals surface area contributed by atoms with E-state index >= 15 is 0 Å². The fourth-order valence-electron chi connectivity index (χ4n) is 1.64. The van der Waals surface area contributed by atoms with Gasteiger partial charge in [0.15, 0.2) is 0 Å². The quantitative estimate of drug-likeness (QED) is 0.483. The standard InChI is InChI=1S/C14H29NO4/c1-3-14(12-15-13-4-5-13)19-11-10-18-9-8-17-7-6-16-2/h13-15H,3-12H2,1-2H3. The molecular formula is C14H29NO4. The van der Waals surface area contributed by atoms with Gasteiger partial charge in [0.25, 0.3) is 0 Å². The van der Waals surface area contributed by atoms with Gasteiger partial charge in [-0.3, -0.25) is 0 Å². The summed E-state index contributed by atoms with van der Waals surface area (Å²) in [6.45, 7) is 6.89. The Morgan fingerprint density at radius 2 is 1.63 bits per heavy atom. The Kier molecular flexibility index (Phi) is 10.3. The molecule has 1 unspecified atom stereocenters. The van der Waals surface area contributed by atoms with E-state index < -0.39 is 0 Å². The zero-order valence-electron chi connectivity index (χ0n) is 12.4. The Balaban J connectivity index is 1.79. The predicted octanol–water partition coefficient (Wildman–Crippen LogP) is 1.21. The highest BCUT2D eigenvalue weighted by molar-refractivity contribution is 4.81. The lowest BCUT2D eigenvalue weighted by atomic mass is 10.3. The molecule has 1 saturated carbocycles. The van der Waals surface area contributed by atoms with Gasteiger partial charge in [-0.2, -0.15) is 0 Å². The second-order valence-corrected chi connectivity index (χ2v) is 4.80. The summed E-state index contributed by atoms with van der Waals surface area (Å²) in [4.78, 5) is 0. The Morgan fingerprint density at radius 3 is 2.21 bits per heavy atom. The van der Waals surface area contributed by atoms with E-state index in [1.165, 1.54) is 12.8 Å². The number of rotatable bonds is 14. The highest BCUT2D eigenvalue weighted by Crippen LogP contribution is 2.18. The second-order valence-electron chi connectivity index (χ2n) is 4.80. The van der Waals surface area contributed by atoms with Crippen molar-refractivity contribution in [3.05, 3.63) is 0 Å². The molecule has 19 heavy (non-hydrogen) atoms. The van der Waals surface area contributed by atoms with Crippen LogP contribution >= 0.6 is 0 Å². The van der Waals surface area contributed by atoms with Crippen molar-refractivity contribution in [1.82, 2.24) is 5.32 Å². The number of nitrogens with one attached hydrogen (secondary N) is 1. The van der Waals surface area contributed by atoms with Crippen LogP contribution < -0.4 is 5.32 Å². The molecule has 0 heterocycles. The summed E-state index contributed by atoms with van der Waals surface area (Å²) >= 11 is 0. The third-order valence-electron chi connectivity index (χ3n) is 3.05. The van der Waals surface area contributed by atoms with E-state index in [9.17, 15) is 0 Å². The van der Waals surface area contributed by atoms with E-state index in [2.05, 4.69) is 12.2 Å². The lowest BCUT2D eigenvalue weighted by Crippen LogP contribution is -2.31. The van der Waals surface area contributed by atoms with Gasteiger partial charge in [0.05, 0.1) is 45.7 Å². The molecule has 5 nitrogen and oxygen atoms in total. The molecule has 114 valence electrons. The monoisotopic (exact) mass is 275 g/mol. The van der Waals surface area contributed by atoms with Crippen LogP contribution in [0.25, 0.3) is 0 Å². The molecule has 5 heteroatoms. The fourth-order valence-corrected chi connectivity index (χ4v) is 1.64. The number of hydrogen-bond acceptors (Lipinski definition) is 5. The van der Waals surface area contributed by atoms with E-state index in [0.29, 0.717) is 45.7 Å². The molecule has 0 amide bonds. The molecule has 1 fully saturated rings. The molecule has 0 radical (unpaired) electrons. The van der Waals surface area contributed by atoms with Crippen LogP contribution in [0.3, 0.4) is 0 Å². The first-order chi connectivity index (χ1) is 9.36. The van der Waals surface area contributed by atoms with Crippen LogP contribution in [-0.4, -0.2) is 65.4 Å². The van der Waals surface area contributed by atoms with Gasteiger partial charge in [0, 0.05) is 19.7 Å². The summed E-state index contributed by atoms with van der Waals surface area (Å²) in [6, 6.07) is 0.748. The van der Waals surface area contributed by atoms with Crippen LogP contribution in [0, 0.1) is 0 Å². The summed E-state index contributed by atoms with van der Waals surface area (Å²) < 4.78 is 21.4. The molecule has 1 aliphatic carbocycles. The minimum Gasteiger partial charge on any atom is -0.382 e.